The molecular weight excluding hydrogens is 270 g/mol. The van der Waals surface area contributed by atoms with Crippen LogP contribution in [0.15, 0.2) is 41.5 Å². The van der Waals surface area contributed by atoms with Gasteiger partial charge < -0.3 is 10.1 Å². The van der Waals surface area contributed by atoms with Crippen molar-refractivity contribution in [3.05, 3.63) is 36.4 Å². The summed E-state index contributed by atoms with van der Waals surface area (Å²) in [5.74, 6) is 2.13. The summed E-state index contributed by atoms with van der Waals surface area (Å²) in [5.41, 5.74) is 5.06. The summed E-state index contributed by atoms with van der Waals surface area (Å²) in [4.78, 5) is 0. The van der Waals surface area contributed by atoms with E-state index in [9.17, 15) is 0 Å². The molecule has 5 heteroatoms. The molecule has 0 aliphatic heterocycles. The number of thiocarbonyl (C=S) groups is 1. The molecule has 0 bridgehead atoms. The van der Waals surface area contributed by atoms with E-state index in [2.05, 4.69) is 28.0 Å². The van der Waals surface area contributed by atoms with Crippen molar-refractivity contribution in [2.24, 2.45) is 16.9 Å². The van der Waals surface area contributed by atoms with Gasteiger partial charge in [-0.1, -0.05) is 12.2 Å². The highest BCUT2D eigenvalue weighted by Crippen LogP contribution is 2.40. The lowest BCUT2D eigenvalue weighted by Crippen LogP contribution is -2.36. The minimum Gasteiger partial charge on any atom is -0.497 e. The molecule has 20 heavy (non-hydrogen) atoms. The van der Waals surface area contributed by atoms with Gasteiger partial charge in [-0.15, -0.1) is 0 Å². The van der Waals surface area contributed by atoms with Crippen LogP contribution in [-0.4, -0.2) is 17.9 Å². The normalized spacial score (nSPS) is 24.9. The summed E-state index contributed by atoms with van der Waals surface area (Å²) in [6, 6.07) is 7.61. The standard InChI is InChI=1S/C15H17N3OS/c1-19-12-7-5-11(6-8-12)16-15(20)18-17-14-9-10-3-2-4-13(10)14/h2-3,5-8,10,13H,4,9H2,1H3,(H2,16,18,20)/b17-14-/t10-,13+/m0/s1. The first kappa shape index (κ1) is 13.1. The van der Waals surface area contributed by atoms with E-state index in [1.54, 1.807) is 7.11 Å². The largest absolute Gasteiger partial charge is 0.497 e. The van der Waals surface area contributed by atoms with E-state index in [4.69, 9.17) is 17.0 Å². The van der Waals surface area contributed by atoms with Crippen LogP contribution in [0, 0.1) is 11.8 Å². The molecule has 1 aromatic rings. The average molecular weight is 287 g/mol. The molecule has 4 nitrogen and oxygen atoms in total. The molecule has 0 spiro atoms. The smallest absolute Gasteiger partial charge is 0.191 e. The van der Waals surface area contributed by atoms with Crippen molar-refractivity contribution >= 4 is 28.7 Å². The van der Waals surface area contributed by atoms with Crippen LogP contribution in [0.5, 0.6) is 5.75 Å². The molecule has 0 aromatic heterocycles. The van der Waals surface area contributed by atoms with Crippen LogP contribution in [0.3, 0.4) is 0 Å². The van der Waals surface area contributed by atoms with Crippen LogP contribution in [0.25, 0.3) is 0 Å². The van der Waals surface area contributed by atoms with Crippen molar-refractivity contribution in [2.45, 2.75) is 12.8 Å². The number of nitrogens with zero attached hydrogens (tertiary/aromatic N) is 1. The van der Waals surface area contributed by atoms with Crippen molar-refractivity contribution in [1.29, 1.82) is 0 Å². The molecule has 0 amide bonds. The Labute approximate surface area is 123 Å². The van der Waals surface area contributed by atoms with Crippen LogP contribution in [0.4, 0.5) is 5.69 Å². The number of methoxy groups -OCH3 is 1. The zero-order valence-electron chi connectivity index (χ0n) is 11.3. The molecule has 1 fully saturated rings. The summed E-state index contributed by atoms with van der Waals surface area (Å²) >= 11 is 5.23. The molecule has 0 saturated heterocycles. The number of hydrazone groups is 1. The number of hydrogen-bond donors (Lipinski definition) is 2. The number of anilines is 1. The topological polar surface area (TPSA) is 45.6 Å². The lowest BCUT2D eigenvalue weighted by molar-refractivity contribution is 0.415. The van der Waals surface area contributed by atoms with Crippen LogP contribution in [0.2, 0.25) is 0 Å². The van der Waals surface area contributed by atoms with Crippen LogP contribution in [-0.2, 0) is 0 Å². The Morgan fingerprint density at radius 2 is 2.15 bits per heavy atom. The Kier molecular flexibility index (Phi) is 3.69. The maximum absolute atomic E-state index is 5.23. The third kappa shape index (κ3) is 2.67. The van der Waals surface area contributed by atoms with Gasteiger partial charge in [0.15, 0.2) is 5.11 Å². The van der Waals surface area contributed by atoms with E-state index in [1.807, 2.05) is 24.3 Å². The SMILES string of the molecule is COc1ccc(NC(=S)N/N=C2/C[C@@H]3C=CC[C@@H]23)cc1. The second-order valence-corrected chi connectivity index (χ2v) is 5.44. The fourth-order valence-corrected chi connectivity index (χ4v) is 2.78. The van der Waals surface area contributed by atoms with Gasteiger partial charge in [-0.3, -0.25) is 5.43 Å². The quantitative estimate of drug-likeness (QED) is 0.510. The number of ether oxygens (including phenoxy) is 1. The predicted molar refractivity (Wildman–Crippen MR) is 85.1 cm³/mol. The van der Waals surface area contributed by atoms with Gasteiger partial charge in [0.2, 0.25) is 0 Å². The number of allylic oxidation sites excluding steroid dienone is 2. The lowest BCUT2D eigenvalue weighted by Gasteiger charge is -2.31. The van der Waals surface area contributed by atoms with Gasteiger partial charge >= 0.3 is 0 Å². The highest BCUT2D eigenvalue weighted by atomic mass is 32.1. The average Bonchev–Trinajstić information content (AvgIpc) is 2.81. The second-order valence-electron chi connectivity index (χ2n) is 5.04. The lowest BCUT2D eigenvalue weighted by atomic mass is 9.74. The van der Waals surface area contributed by atoms with Gasteiger partial charge in [0, 0.05) is 17.3 Å². The fourth-order valence-electron chi connectivity index (χ4n) is 2.62. The van der Waals surface area contributed by atoms with Gasteiger partial charge in [0.05, 0.1) is 7.11 Å². The van der Waals surface area contributed by atoms with Gasteiger partial charge in [-0.25, -0.2) is 0 Å². The summed E-state index contributed by atoms with van der Waals surface area (Å²) in [6.07, 6.45) is 6.70. The molecule has 2 N–H and O–H groups in total. The highest BCUT2D eigenvalue weighted by molar-refractivity contribution is 7.80. The van der Waals surface area contributed by atoms with Crippen LogP contribution in [0.1, 0.15) is 12.8 Å². The molecule has 0 unspecified atom stereocenters. The summed E-state index contributed by atoms with van der Waals surface area (Å²) in [5, 5.41) is 8.01. The molecule has 2 atom stereocenters. The van der Waals surface area contributed by atoms with Crippen LogP contribution >= 0.6 is 12.2 Å². The van der Waals surface area contributed by atoms with Crippen molar-refractivity contribution in [3.63, 3.8) is 0 Å². The molecule has 0 heterocycles. The first-order chi connectivity index (χ1) is 9.76. The van der Waals surface area contributed by atoms with Gasteiger partial charge in [0.25, 0.3) is 0 Å². The van der Waals surface area contributed by atoms with E-state index in [-0.39, 0.29) is 0 Å². The van der Waals surface area contributed by atoms with Gasteiger partial charge in [-0.2, -0.15) is 5.10 Å². The number of rotatable bonds is 3. The van der Waals surface area contributed by atoms with E-state index in [0.717, 1.165) is 24.3 Å². The zero-order valence-corrected chi connectivity index (χ0v) is 12.1. The van der Waals surface area contributed by atoms with Crippen molar-refractivity contribution in [3.8, 4) is 5.75 Å². The molecular formula is C15H17N3OS. The Morgan fingerprint density at radius 1 is 1.35 bits per heavy atom. The third-order valence-corrected chi connectivity index (χ3v) is 4.01. The molecule has 2 aliphatic rings. The second kappa shape index (κ2) is 5.63. The monoisotopic (exact) mass is 287 g/mol. The molecule has 3 rings (SSSR count). The number of hydrogen-bond acceptors (Lipinski definition) is 3. The Hall–Kier alpha value is -1.88. The number of nitrogens with one attached hydrogen (secondary N) is 2. The fraction of sp³-hybridized carbons (Fsp3) is 0.333. The van der Waals surface area contributed by atoms with Crippen molar-refractivity contribution < 1.29 is 4.74 Å². The third-order valence-electron chi connectivity index (χ3n) is 3.81. The number of benzene rings is 1. The number of fused-ring (bicyclic) bond motifs is 1. The van der Waals surface area contributed by atoms with E-state index in [0.29, 0.717) is 16.9 Å². The minimum absolute atomic E-state index is 0.511. The Balaban J connectivity index is 1.51. The minimum atomic E-state index is 0.511. The Bertz CT molecular complexity index is 565. The predicted octanol–water partition coefficient (Wildman–Crippen LogP) is 2.93. The molecule has 1 aromatic carbocycles. The highest BCUT2D eigenvalue weighted by Gasteiger charge is 2.37. The van der Waals surface area contributed by atoms with E-state index >= 15 is 0 Å². The van der Waals surface area contributed by atoms with E-state index in [1.165, 1.54) is 5.71 Å². The van der Waals surface area contributed by atoms with E-state index < -0.39 is 0 Å². The molecule has 1 saturated carbocycles. The maximum atomic E-state index is 5.23. The summed E-state index contributed by atoms with van der Waals surface area (Å²) in [7, 11) is 1.65. The van der Waals surface area contributed by atoms with Gasteiger partial charge in [-0.05, 0) is 55.2 Å². The first-order valence-corrected chi connectivity index (χ1v) is 7.11. The zero-order chi connectivity index (χ0) is 13.9. The van der Waals surface area contributed by atoms with Gasteiger partial charge in [0.1, 0.15) is 5.75 Å². The molecule has 0 radical (unpaired) electrons. The molecule has 2 aliphatic carbocycles. The summed E-state index contributed by atoms with van der Waals surface area (Å²) < 4.78 is 5.11. The maximum Gasteiger partial charge on any atom is 0.191 e. The van der Waals surface area contributed by atoms with Crippen molar-refractivity contribution in [1.82, 2.24) is 5.43 Å². The Morgan fingerprint density at radius 3 is 2.85 bits per heavy atom. The molecule has 104 valence electrons. The van der Waals surface area contributed by atoms with Crippen LogP contribution < -0.4 is 15.5 Å². The first-order valence-electron chi connectivity index (χ1n) is 6.70. The van der Waals surface area contributed by atoms with Crippen molar-refractivity contribution in [2.75, 3.05) is 12.4 Å². The summed E-state index contributed by atoms with van der Waals surface area (Å²) in [6.45, 7) is 0.